The number of anilines is 1. The van der Waals surface area contributed by atoms with Crippen molar-refractivity contribution in [3.8, 4) is 5.75 Å². The second-order valence-corrected chi connectivity index (χ2v) is 7.60. The minimum absolute atomic E-state index is 0.0413. The van der Waals surface area contributed by atoms with Crippen LogP contribution in [0.3, 0.4) is 0 Å². The maximum Gasteiger partial charge on any atom is 0.261 e. The van der Waals surface area contributed by atoms with Crippen molar-refractivity contribution in [2.45, 2.75) is 20.0 Å². The van der Waals surface area contributed by atoms with E-state index < -0.39 is 0 Å². The molecule has 6 heteroatoms. The highest BCUT2D eigenvalue weighted by molar-refractivity contribution is 9.10. The normalized spacial score (nSPS) is 10.7. The predicted octanol–water partition coefficient (Wildman–Crippen LogP) is 5.52. The van der Waals surface area contributed by atoms with E-state index >= 15 is 0 Å². The molecule has 0 heterocycles. The first-order valence-corrected chi connectivity index (χ1v) is 9.70. The summed E-state index contributed by atoms with van der Waals surface area (Å²) in [6, 6.07) is 19.3. The van der Waals surface area contributed by atoms with Crippen molar-refractivity contribution in [2.75, 3.05) is 5.32 Å². The lowest BCUT2D eigenvalue weighted by molar-refractivity contribution is 0.0972. The second-order valence-electron chi connectivity index (χ2n) is 6.28. The molecule has 4 nitrogen and oxygen atoms in total. The molecule has 0 fully saturated rings. The Kier molecular flexibility index (Phi) is 6.08. The molecular weight excluding hydrogens is 424 g/mol. The average molecular weight is 443 g/mol. The molecule has 3 rings (SSSR count). The van der Waals surface area contributed by atoms with Crippen molar-refractivity contribution in [2.24, 2.45) is 0 Å². The van der Waals surface area contributed by atoms with Crippen molar-refractivity contribution in [3.63, 3.8) is 0 Å². The fourth-order valence-electron chi connectivity index (χ4n) is 2.64. The molecule has 138 valence electrons. The van der Waals surface area contributed by atoms with E-state index in [1.165, 1.54) is 0 Å². The molecule has 0 aliphatic rings. The first-order valence-electron chi connectivity index (χ1n) is 8.50. The van der Waals surface area contributed by atoms with E-state index in [2.05, 4.69) is 26.6 Å². The minimum Gasteiger partial charge on any atom is -0.490 e. The third-order valence-electron chi connectivity index (χ3n) is 3.78. The van der Waals surface area contributed by atoms with Gasteiger partial charge in [0.1, 0.15) is 5.75 Å². The van der Waals surface area contributed by atoms with E-state index in [1.807, 2.05) is 62.4 Å². The van der Waals surface area contributed by atoms with Crippen molar-refractivity contribution >= 4 is 55.6 Å². The van der Waals surface area contributed by atoms with E-state index in [0.717, 1.165) is 20.9 Å². The quantitative estimate of drug-likeness (QED) is 0.522. The van der Waals surface area contributed by atoms with E-state index in [9.17, 15) is 4.79 Å². The molecule has 0 atom stereocenters. The van der Waals surface area contributed by atoms with Crippen molar-refractivity contribution < 1.29 is 9.53 Å². The number of rotatable bonds is 4. The third-order valence-corrected chi connectivity index (χ3v) is 4.48. The van der Waals surface area contributed by atoms with Gasteiger partial charge < -0.3 is 10.1 Å². The summed E-state index contributed by atoms with van der Waals surface area (Å²) < 4.78 is 6.51. The van der Waals surface area contributed by atoms with Gasteiger partial charge in [-0.05, 0) is 67.2 Å². The molecule has 27 heavy (non-hydrogen) atoms. The lowest BCUT2D eigenvalue weighted by Gasteiger charge is -2.15. The third kappa shape index (κ3) is 5.05. The molecule has 0 aliphatic heterocycles. The Bertz CT molecular complexity index is 1000. The van der Waals surface area contributed by atoms with Crippen LogP contribution in [0.5, 0.6) is 5.75 Å². The first kappa shape index (κ1) is 19.3. The summed E-state index contributed by atoms with van der Waals surface area (Å²) in [4.78, 5) is 12.7. The molecular formula is C21H19BrN2O2S. The van der Waals surface area contributed by atoms with Gasteiger partial charge in [0.25, 0.3) is 5.91 Å². The molecule has 0 saturated carbocycles. The van der Waals surface area contributed by atoms with Gasteiger partial charge in [-0.2, -0.15) is 0 Å². The van der Waals surface area contributed by atoms with Gasteiger partial charge >= 0.3 is 0 Å². The highest BCUT2D eigenvalue weighted by atomic mass is 79.9. The molecule has 0 aromatic heterocycles. The van der Waals surface area contributed by atoms with Crippen LogP contribution in [0.4, 0.5) is 5.69 Å². The number of amides is 1. The summed E-state index contributed by atoms with van der Waals surface area (Å²) in [5, 5.41) is 8.23. The number of nitrogens with one attached hydrogen (secondary N) is 2. The van der Waals surface area contributed by atoms with Crippen LogP contribution in [0, 0.1) is 0 Å². The smallest absolute Gasteiger partial charge is 0.261 e. The number of halogens is 1. The van der Waals surface area contributed by atoms with Gasteiger partial charge in [-0.25, -0.2) is 0 Å². The maximum absolute atomic E-state index is 12.7. The Morgan fingerprint density at radius 1 is 1.04 bits per heavy atom. The topological polar surface area (TPSA) is 50.4 Å². The molecule has 0 unspecified atom stereocenters. The lowest BCUT2D eigenvalue weighted by Crippen LogP contribution is -2.34. The van der Waals surface area contributed by atoms with Crippen LogP contribution in [0.25, 0.3) is 10.8 Å². The summed E-state index contributed by atoms with van der Waals surface area (Å²) in [6.07, 6.45) is -0.0413. The van der Waals surface area contributed by atoms with Crippen molar-refractivity contribution in [1.82, 2.24) is 5.32 Å². The van der Waals surface area contributed by atoms with Crippen LogP contribution in [0.2, 0.25) is 0 Å². The standard InChI is InChI=1S/C21H19BrN2O2S/c1-13(2)26-19-10-8-16(22)12-18(19)20(25)24-21(27)23-17-9-7-14-5-3-4-6-15(14)11-17/h3-13H,1-2H3,(H2,23,24,25,27). The van der Waals surface area contributed by atoms with Gasteiger partial charge in [-0.3, -0.25) is 10.1 Å². The van der Waals surface area contributed by atoms with Crippen molar-refractivity contribution in [1.29, 1.82) is 0 Å². The lowest BCUT2D eigenvalue weighted by atomic mass is 10.1. The van der Waals surface area contributed by atoms with Gasteiger partial charge in [0.05, 0.1) is 11.7 Å². The Hall–Kier alpha value is -2.44. The van der Waals surface area contributed by atoms with Gasteiger partial charge in [-0.15, -0.1) is 0 Å². The Morgan fingerprint density at radius 3 is 2.52 bits per heavy atom. The Labute approximate surface area is 172 Å². The highest BCUT2D eigenvalue weighted by Crippen LogP contribution is 2.24. The van der Waals surface area contributed by atoms with E-state index in [1.54, 1.807) is 12.1 Å². The number of thiocarbonyl (C=S) groups is 1. The fraction of sp³-hybridized carbons (Fsp3) is 0.143. The number of hydrogen-bond acceptors (Lipinski definition) is 3. The number of hydrogen-bond donors (Lipinski definition) is 2. The maximum atomic E-state index is 12.7. The molecule has 3 aromatic rings. The van der Waals surface area contributed by atoms with Crippen LogP contribution in [-0.4, -0.2) is 17.1 Å². The molecule has 0 saturated heterocycles. The zero-order chi connectivity index (χ0) is 19.4. The average Bonchev–Trinajstić information content (AvgIpc) is 2.62. The molecule has 0 spiro atoms. The summed E-state index contributed by atoms with van der Waals surface area (Å²) in [5.74, 6) is 0.185. The molecule has 0 aliphatic carbocycles. The van der Waals surface area contributed by atoms with Crippen LogP contribution in [0.1, 0.15) is 24.2 Å². The molecule has 0 radical (unpaired) electrons. The summed E-state index contributed by atoms with van der Waals surface area (Å²) in [5.41, 5.74) is 1.23. The molecule has 1 amide bonds. The Balaban J connectivity index is 1.73. The zero-order valence-corrected chi connectivity index (χ0v) is 17.4. The number of benzene rings is 3. The van der Waals surface area contributed by atoms with Gasteiger partial charge in [0, 0.05) is 10.2 Å². The van der Waals surface area contributed by atoms with Crippen LogP contribution < -0.4 is 15.4 Å². The summed E-state index contributed by atoms with van der Waals surface area (Å²) in [7, 11) is 0. The predicted molar refractivity (Wildman–Crippen MR) is 118 cm³/mol. The van der Waals surface area contributed by atoms with Crippen LogP contribution in [-0.2, 0) is 0 Å². The number of carbonyl (C=O) groups is 1. The fourth-order valence-corrected chi connectivity index (χ4v) is 3.21. The summed E-state index contributed by atoms with van der Waals surface area (Å²) in [6.45, 7) is 3.82. The number of ether oxygens (including phenoxy) is 1. The van der Waals surface area contributed by atoms with E-state index in [-0.39, 0.29) is 17.1 Å². The minimum atomic E-state index is -0.328. The van der Waals surface area contributed by atoms with E-state index in [4.69, 9.17) is 17.0 Å². The largest absolute Gasteiger partial charge is 0.490 e. The molecule has 3 aromatic carbocycles. The SMILES string of the molecule is CC(C)Oc1ccc(Br)cc1C(=O)NC(=S)Nc1ccc2ccccc2c1. The van der Waals surface area contributed by atoms with E-state index in [0.29, 0.717) is 11.3 Å². The monoisotopic (exact) mass is 442 g/mol. The van der Waals surface area contributed by atoms with Gasteiger partial charge in [-0.1, -0.05) is 46.3 Å². The highest BCUT2D eigenvalue weighted by Gasteiger charge is 2.16. The molecule has 2 N–H and O–H groups in total. The van der Waals surface area contributed by atoms with Crippen molar-refractivity contribution in [3.05, 3.63) is 70.7 Å². The van der Waals surface area contributed by atoms with Crippen LogP contribution >= 0.6 is 28.1 Å². The first-order chi connectivity index (χ1) is 12.9. The number of carbonyl (C=O) groups excluding carboxylic acids is 1. The Morgan fingerprint density at radius 2 is 1.78 bits per heavy atom. The molecule has 0 bridgehead atoms. The second kappa shape index (κ2) is 8.50. The van der Waals surface area contributed by atoms with Crippen LogP contribution in [0.15, 0.2) is 65.1 Å². The summed E-state index contributed by atoms with van der Waals surface area (Å²) >= 11 is 8.69. The van der Waals surface area contributed by atoms with Gasteiger partial charge in [0.15, 0.2) is 5.11 Å². The zero-order valence-electron chi connectivity index (χ0n) is 15.0. The van der Waals surface area contributed by atoms with Gasteiger partial charge in [0.2, 0.25) is 0 Å². The number of fused-ring (bicyclic) bond motifs is 1.